The van der Waals surface area contributed by atoms with E-state index in [0.29, 0.717) is 45.4 Å². The van der Waals surface area contributed by atoms with Crippen molar-refractivity contribution in [3.63, 3.8) is 0 Å². The summed E-state index contributed by atoms with van der Waals surface area (Å²) in [5.41, 5.74) is 5.05. The summed E-state index contributed by atoms with van der Waals surface area (Å²) in [6, 6.07) is 16.0. The number of benzene rings is 3. The average Bonchev–Trinajstić information content (AvgIpc) is 3.50. The van der Waals surface area contributed by atoms with Gasteiger partial charge in [-0.2, -0.15) is 5.10 Å². The number of sulfonamides is 1. The Hall–Kier alpha value is -4.26. The fourth-order valence-corrected chi connectivity index (χ4v) is 6.48. The van der Waals surface area contributed by atoms with Gasteiger partial charge in [0.1, 0.15) is 16.5 Å². The molecule has 8 nitrogen and oxygen atoms in total. The smallest absolute Gasteiger partial charge is 0.355 e. The first-order valence-corrected chi connectivity index (χ1v) is 15.9. The lowest BCUT2D eigenvalue weighted by molar-refractivity contribution is 0.0691. The summed E-state index contributed by atoms with van der Waals surface area (Å²) in [6.45, 7) is 1.93. The standard InChI is InChI=1S/C31H26F2N4O4S2/c1-17-3-2-4-20(11-17)22-15-21(8-9-24(22)32)29-23(12-19-7-10-28(25(33)13-19)43(34,40)41)27(14-18-5-6-18)37(36-29)31-35-26(16-42-31)30(38)39/h2-4,7-11,13,15-16,18H,5-6,12,14H2,1H3,(H,38,39)(H2,34,40,41). The van der Waals surface area contributed by atoms with Gasteiger partial charge in [0, 0.05) is 28.5 Å². The van der Waals surface area contributed by atoms with Crippen LogP contribution in [0.5, 0.6) is 0 Å². The molecule has 2 aromatic heterocycles. The van der Waals surface area contributed by atoms with Crippen LogP contribution in [0.25, 0.3) is 27.5 Å². The second kappa shape index (κ2) is 11.1. The number of nitrogens with zero attached hydrogens (tertiary/aromatic N) is 3. The van der Waals surface area contributed by atoms with E-state index in [4.69, 9.17) is 10.2 Å². The molecule has 1 fully saturated rings. The van der Waals surface area contributed by atoms with Crippen LogP contribution in [-0.4, -0.2) is 34.3 Å². The summed E-state index contributed by atoms with van der Waals surface area (Å²) < 4.78 is 55.2. The number of primary sulfonamides is 1. The van der Waals surface area contributed by atoms with Gasteiger partial charge in [0.15, 0.2) is 5.69 Å². The zero-order valence-corrected chi connectivity index (χ0v) is 24.6. The van der Waals surface area contributed by atoms with Crippen molar-refractivity contribution < 1.29 is 27.1 Å². The van der Waals surface area contributed by atoms with Crippen LogP contribution in [0.1, 0.15) is 45.7 Å². The number of nitrogens with two attached hydrogens (primary N) is 1. The molecule has 1 saturated carbocycles. The van der Waals surface area contributed by atoms with Crippen LogP contribution in [0.15, 0.2) is 70.9 Å². The number of aromatic carboxylic acids is 1. The fourth-order valence-electron chi connectivity index (χ4n) is 5.12. The van der Waals surface area contributed by atoms with Gasteiger partial charge in [-0.3, -0.25) is 0 Å². The van der Waals surface area contributed by atoms with E-state index in [1.807, 2.05) is 31.2 Å². The monoisotopic (exact) mass is 620 g/mol. The van der Waals surface area contributed by atoms with E-state index in [0.717, 1.165) is 53.1 Å². The highest BCUT2D eigenvalue weighted by Crippen LogP contribution is 2.39. The maximum atomic E-state index is 15.1. The zero-order valence-electron chi connectivity index (χ0n) is 22.9. The molecule has 0 atom stereocenters. The van der Waals surface area contributed by atoms with Crippen LogP contribution in [0.2, 0.25) is 0 Å². The maximum absolute atomic E-state index is 15.1. The summed E-state index contributed by atoms with van der Waals surface area (Å²) in [4.78, 5) is 15.3. The third-order valence-corrected chi connectivity index (χ3v) is 9.17. The Balaban J connectivity index is 1.55. The van der Waals surface area contributed by atoms with E-state index in [1.165, 1.54) is 17.5 Å². The SMILES string of the molecule is Cc1cccc(-c2cc(-c3nn(-c4nc(C(=O)O)cs4)c(CC4CC4)c3Cc3ccc(S(N)(=O)=O)c(F)c3)ccc2F)c1. The Morgan fingerprint density at radius 2 is 1.86 bits per heavy atom. The number of hydrogen-bond acceptors (Lipinski definition) is 6. The van der Waals surface area contributed by atoms with Crippen LogP contribution in [0, 0.1) is 24.5 Å². The second-order valence-corrected chi connectivity index (χ2v) is 13.1. The molecule has 0 saturated heterocycles. The number of halogens is 2. The van der Waals surface area contributed by atoms with Gasteiger partial charge in [-0.05, 0) is 73.6 Å². The second-order valence-electron chi connectivity index (χ2n) is 10.7. The predicted octanol–water partition coefficient (Wildman–Crippen LogP) is 6.14. The fraction of sp³-hybridized carbons (Fsp3) is 0.194. The largest absolute Gasteiger partial charge is 0.476 e. The molecule has 1 aliphatic carbocycles. The molecule has 0 unspecified atom stereocenters. The van der Waals surface area contributed by atoms with Gasteiger partial charge in [0.25, 0.3) is 0 Å². The molecule has 43 heavy (non-hydrogen) atoms. The van der Waals surface area contributed by atoms with Crippen molar-refractivity contribution in [2.45, 2.75) is 37.5 Å². The molecule has 0 radical (unpaired) electrons. The number of carboxylic acid groups (broad SMARTS) is 1. The van der Waals surface area contributed by atoms with Crippen molar-refractivity contribution in [1.82, 2.24) is 14.8 Å². The summed E-state index contributed by atoms with van der Waals surface area (Å²) in [6.07, 6.45) is 2.83. The number of aromatic nitrogens is 3. The number of aryl methyl sites for hydroxylation is 1. The zero-order chi connectivity index (χ0) is 30.5. The van der Waals surface area contributed by atoms with Gasteiger partial charge < -0.3 is 5.11 Å². The normalized spacial score (nSPS) is 13.4. The average molecular weight is 621 g/mol. The van der Waals surface area contributed by atoms with Gasteiger partial charge >= 0.3 is 5.97 Å². The number of carboxylic acids is 1. The minimum absolute atomic E-state index is 0.111. The highest BCUT2D eigenvalue weighted by Gasteiger charge is 2.30. The molecular weight excluding hydrogens is 594 g/mol. The van der Waals surface area contributed by atoms with Crippen LogP contribution < -0.4 is 5.14 Å². The van der Waals surface area contributed by atoms with Crippen molar-refractivity contribution >= 4 is 27.3 Å². The molecule has 2 heterocycles. The van der Waals surface area contributed by atoms with Crippen molar-refractivity contribution in [2.75, 3.05) is 0 Å². The van der Waals surface area contributed by atoms with Crippen molar-refractivity contribution in [3.05, 3.63) is 106 Å². The van der Waals surface area contributed by atoms with Crippen molar-refractivity contribution in [2.24, 2.45) is 11.1 Å². The molecule has 0 bridgehead atoms. The van der Waals surface area contributed by atoms with Crippen LogP contribution >= 0.6 is 11.3 Å². The van der Waals surface area contributed by atoms with Crippen LogP contribution in [0.4, 0.5) is 8.78 Å². The molecule has 1 aliphatic rings. The molecule has 0 spiro atoms. The first kappa shape index (κ1) is 28.8. The van der Waals surface area contributed by atoms with Gasteiger partial charge in [-0.15, -0.1) is 11.3 Å². The quantitative estimate of drug-likeness (QED) is 0.204. The molecule has 3 N–H and O–H groups in total. The topological polar surface area (TPSA) is 128 Å². The maximum Gasteiger partial charge on any atom is 0.355 e. The minimum Gasteiger partial charge on any atom is -0.476 e. The van der Waals surface area contributed by atoms with Gasteiger partial charge in [0.2, 0.25) is 15.2 Å². The minimum atomic E-state index is -4.25. The molecule has 5 aromatic rings. The van der Waals surface area contributed by atoms with E-state index in [1.54, 1.807) is 16.8 Å². The Morgan fingerprint density at radius 1 is 1.07 bits per heavy atom. The lowest BCUT2D eigenvalue weighted by Crippen LogP contribution is -2.14. The van der Waals surface area contributed by atoms with E-state index in [-0.39, 0.29) is 12.1 Å². The number of rotatable bonds is 9. The van der Waals surface area contributed by atoms with Crippen molar-refractivity contribution in [3.8, 4) is 27.5 Å². The molecule has 3 aromatic carbocycles. The number of carbonyl (C=O) groups is 1. The summed E-state index contributed by atoms with van der Waals surface area (Å²) in [5.74, 6) is -2.14. The molecule has 0 aliphatic heterocycles. The van der Waals surface area contributed by atoms with Crippen molar-refractivity contribution in [1.29, 1.82) is 0 Å². The van der Waals surface area contributed by atoms with Gasteiger partial charge in [0.05, 0.1) is 11.4 Å². The van der Waals surface area contributed by atoms with E-state index >= 15 is 4.39 Å². The third-order valence-electron chi connectivity index (χ3n) is 7.41. The number of hydrogen-bond donors (Lipinski definition) is 2. The Morgan fingerprint density at radius 3 is 2.51 bits per heavy atom. The highest BCUT2D eigenvalue weighted by atomic mass is 32.2. The Kier molecular flexibility index (Phi) is 7.45. The summed E-state index contributed by atoms with van der Waals surface area (Å²) in [5, 5.41) is 21.3. The number of thiazole rings is 1. The van der Waals surface area contributed by atoms with Gasteiger partial charge in [-0.1, -0.05) is 35.9 Å². The lowest BCUT2D eigenvalue weighted by Gasteiger charge is -2.11. The molecule has 220 valence electrons. The Labute approximate surface area is 250 Å². The van der Waals surface area contributed by atoms with E-state index < -0.39 is 32.5 Å². The first-order valence-electron chi connectivity index (χ1n) is 13.5. The molecule has 12 heteroatoms. The van der Waals surface area contributed by atoms with Crippen LogP contribution in [-0.2, 0) is 22.9 Å². The first-order chi connectivity index (χ1) is 20.5. The Bertz CT molecular complexity index is 2000. The summed E-state index contributed by atoms with van der Waals surface area (Å²) >= 11 is 1.14. The molecule has 6 rings (SSSR count). The lowest BCUT2D eigenvalue weighted by atomic mass is 9.94. The third kappa shape index (κ3) is 5.99. The van der Waals surface area contributed by atoms with Crippen LogP contribution in [0.3, 0.4) is 0 Å². The predicted molar refractivity (Wildman–Crippen MR) is 159 cm³/mol. The van der Waals surface area contributed by atoms with Gasteiger partial charge in [-0.25, -0.2) is 36.8 Å². The summed E-state index contributed by atoms with van der Waals surface area (Å²) in [7, 11) is -4.25. The molecular formula is C31H26F2N4O4S2. The highest BCUT2D eigenvalue weighted by molar-refractivity contribution is 7.89. The van der Waals surface area contributed by atoms with E-state index in [2.05, 4.69) is 4.98 Å². The molecule has 0 amide bonds. The van der Waals surface area contributed by atoms with E-state index in [9.17, 15) is 22.7 Å².